The van der Waals surface area contributed by atoms with E-state index in [4.69, 9.17) is 21.9 Å². The van der Waals surface area contributed by atoms with Gasteiger partial charge in [-0.2, -0.15) is 0 Å². The summed E-state index contributed by atoms with van der Waals surface area (Å²) in [7, 11) is 1.61. The molecule has 0 unspecified atom stereocenters. The van der Waals surface area contributed by atoms with Gasteiger partial charge in [0, 0.05) is 40.4 Å². The Balaban J connectivity index is 1.64. The number of methoxy groups -OCH3 is 1. The van der Waals surface area contributed by atoms with Gasteiger partial charge in [-0.05, 0) is 99.1 Å². The molecule has 0 spiro atoms. The molecule has 1 amide bonds. The Morgan fingerprint density at radius 2 is 1.69 bits per heavy atom. The topological polar surface area (TPSA) is 71.4 Å². The summed E-state index contributed by atoms with van der Waals surface area (Å²) in [5.41, 5.74) is 8.87. The summed E-state index contributed by atoms with van der Waals surface area (Å²) in [6.07, 6.45) is 1.81. The molecular formula is C34H39N5O2S. The largest absolute Gasteiger partial charge is 0.494 e. The smallest absolute Gasteiger partial charge is 0.229 e. The van der Waals surface area contributed by atoms with Crippen LogP contribution in [-0.2, 0) is 4.79 Å². The van der Waals surface area contributed by atoms with E-state index in [0.717, 1.165) is 34.0 Å². The highest BCUT2D eigenvalue weighted by atomic mass is 32.1. The average molecular weight is 582 g/mol. The molecule has 3 heterocycles. The summed E-state index contributed by atoms with van der Waals surface area (Å²) in [5, 5.41) is 7.17. The molecule has 5 rings (SSSR count). The molecule has 1 aliphatic rings. The van der Waals surface area contributed by atoms with Crippen molar-refractivity contribution in [1.29, 1.82) is 0 Å². The second-order valence-electron chi connectivity index (χ2n) is 12.1. The van der Waals surface area contributed by atoms with Gasteiger partial charge in [0.05, 0.1) is 30.6 Å². The Morgan fingerprint density at radius 1 is 0.976 bits per heavy atom. The van der Waals surface area contributed by atoms with E-state index < -0.39 is 5.41 Å². The summed E-state index contributed by atoms with van der Waals surface area (Å²) in [4.78, 5) is 19.6. The Bertz CT molecular complexity index is 1630. The van der Waals surface area contributed by atoms with Crippen molar-refractivity contribution in [2.24, 2.45) is 5.41 Å². The minimum absolute atomic E-state index is 0.0844. The predicted molar refractivity (Wildman–Crippen MR) is 174 cm³/mol. The van der Waals surface area contributed by atoms with Crippen LogP contribution < -0.4 is 20.3 Å². The van der Waals surface area contributed by atoms with Crippen molar-refractivity contribution in [3.05, 3.63) is 101 Å². The van der Waals surface area contributed by atoms with Crippen LogP contribution in [0.25, 0.3) is 5.69 Å². The maximum Gasteiger partial charge on any atom is 0.229 e. The molecule has 2 aromatic heterocycles. The van der Waals surface area contributed by atoms with E-state index in [1.165, 1.54) is 11.1 Å². The Morgan fingerprint density at radius 3 is 2.31 bits per heavy atom. The number of nitrogens with zero attached hydrogens (tertiary/aromatic N) is 3. The number of hydrogen-bond donors (Lipinski definition) is 2. The summed E-state index contributed by atoms with van der Waals surface area (Å²) in [6.45, 7) is 14.2. The number of aryl methyl sites for hydroxylation is 3. The number of rotatable bonds is 6. The number of carbonyl (C=O) groups excluding carboxylic acids is 1. The third-order valence-corrected chi connectivity index (χ3v) is 8.06. The minimum atomic E-state index is -0.538. The van der Waals surface area contributed by atoms with Crippen LogP contribution in [0.4, 0.5) is 11.4 Å². The first-order valence-electron chi connectivity index (χ1n) is 14.2. The molecule has 8 heteroatoms. The van der Waals surface area contributed by atoms with Gasteiger partial charge in [0.2, 0.25) is 5.91 Å². The summed E-state index contributed by atoms with van der Waals surface area (Å²) in [5.74, 6) is 0.479. The van der Waals surface area contributed by atoms with Gasteiger partial charge < -0.3 is 24.8 Å². The first kappa shape index (κ1) is 29.3. The van der Waals surface area contributed by atoms with Crippen LogP contribution in [0, 0.1) is 33.1 Å². The van der Waals surface area contributed by atoms with E-state index >= 15 is 0 Å². The maximum absolute atomic E-state index is 12.7. The van der Waals surface area contributed by atoms with E-state index in [1.54, 1.807) is 7.11 Å². The van der Waals surface area contributed by atoms with Gasteiger partial charge in [-0.25, -0.2) is 0 Å². The fourth-order valence-electron chi connectivity index (χ4n) is 5.76. The number of thiocarbonyl (C=S) groups is 1. The fourth-order valence-corrected chi connectivity index (χ4v) is 6.10. The fraction of sp³-hybridized carbons (Fsp3) is 0.324. The highest BCUT2D eigenvalue weighted by Crippen LogP contribution is 2.45. The van der Waals surface area contributed by atoms with Gasteiger partial charge in [0.15, 0.2) is 5.11 Å². The predicted octanol–water partition coefficient (Wildman–Crippen LogP) is 7.28. The zero-order chi connectivity index (χ0) is 30.3. The van der Waals surface area contributed by atoms with Gasteiger partial charge in [-0.15, -0.1) is 0 Å². The number of amides is 1. The van der Waals surface area contributed by atoms with Crippen molar-refractivity contribution < 1.29 is 9.53 Å². The van der Waals surface area contributed by atoms with E-state index in [0.29, 0.717) is 16.5 Å². The number of aromatic nitrogens is 2. The third kappa shape index (κ3) is 5.51. The summed E-state index contributed by atoms with van der Waals surface area (Å²) in [6, 6.07) is 20.3. The van der Waals surface area contributed by atoms with Crippen molar-refractivity contribution in [3.8, 4) is 11.4 Å². The Kier molecular flexibility index (Phi) is 7.86. The normalized spacial score (nSPS) is 16.9. The van der Waals surface area contributed by atoms with Crippen LogP contribution in [0.5, 0.6) is 5.75 Å². The Hall–Kier alpha value is -4.17. The molecular weight excluding hydrogens is 542 g/mol. The monoisotopic (exact) mass is 581 g/mol. The molecule has 2 N–H and O–H groups in total. The summed E-state index contributed by atoms with van der Waals surface area (Å²) >= 11 is 5.99. The van der Waals surface area contributed by atoms with E-state index in [1.807, 2.05) is 63.4 Å². The molecule has 1 fully saturated rings. The number of hydrogen-bond acceptors (Lipinski definition) is 4. The molecule has 0 radical (unpaired) electrons. The standard InChI is InChI=1S/C34H39N5O2S/c1-20-15-21(2)17-25(16-20)38-22(3)18-26(23(38)4)31-30(28-11-9-10-14-35-28)37-33(42)39(31)24-12-13-27(29(19-24)41-8)36-32(40)34(5,6)7/h9-19,30-31H,1-8H3,(H,36,40)(H,37,42)/t30-,31-/m0/s1. The molecule has 7 nitrogen and oxygen atoms in total. The van der Waals surface area contributed by atoms with Crippen molar-refractivity contribution in [2.75, 3.05) is 17.3 Å². The number of anilines is 2. The van der Waals surface area contributed by atoms with Crippen LogP contribution >= 0.6 is 12.2 Å². The lowest BCUT2D eigenvalue weighted by Gasteiger charge is -2.29. The molecule has 42 heavy (non-hydrogen) atoms. The van der Waals surface area contributed by atoms with Crippen LogP contribution in [0.3, 0.4) is 0 Å². The number of carbonyl (C=O) groups is 1. The van der Waals surface area contributed by atoms with E-state index in [9.17, 15) is 4.79 Å². The number of nitrogens with one attached hydrogen (secondary N) is 2. The molecule has 0 saturated carbocycles. The van der Waals surface area contributed by atoms with Gasteiger partial charge in [-0.3, -0.25) is 9.78 Å². The van der Waals surface area contributed by atoms with Gasteiger partial charge >= 0.3 is 0 Å². The lowest BCUT2D eigenvalue weighted by atomic mass is 9.95. The number of ether oxygens (including phenoxy) is 1. The number of benzene rings is 2. The van der Waals surface area contributed by atoms with Crippen LogP contribution in [0.2, 0.25) is 0 Å². The molecule has 1 aliphatic heterocycles. The van der Waals surface area contributed by atoms with Crippen molar-refractivity contribution in [3.63, 3.8) is 0 Å². The van der Waals surface area contributed by atoms with E-state index in [-0.39, 0.29) is 18.0 Å². The lowest BCUT2D eigenvalue weighted by Crippen LogP contribution is -2.30. The molecule has 0 bridgehead atoms. The Labute approximate surface area is 253 Å². The van der Waals surface area contributed by atoms with Crippen LogP contribution in [0.1, 0.15) is 66.6 Å². The molecule has 4 aromatic rings. The molecule has 218 valence electrons. The third-order valence-electron chi connectivity index (χ3n) is 7.74. The second-order valence-corrected chi connectivity index (χ2v) is 12.5. The van der Waals surface area contributed by atoms with Gasteiger partial charge in [-0.1, -0.05) is 32.9 Å². The first-order valence-corrected chi connectivity index (χ1v) is 14.6. The van der Waals surface area contributed by atoms with Gasteiger partial charge in [0.25, 0.3) is 0 Å². The zero-order valence-corrected chi connectivity index (χ0v) is 26.4. The molecule has 0 aliphatic carbocycles. The SMILES string of the molecule is COc1cc(N2C(=S)N[C@@H](c3ccccn3)[C@@H]2c2cc(C)n(-c3cc(C)cc(C)c3)c2C)ccc1NC(=O)C(C)(C)C. The highest BCUT2D eigenvalue weighted by molar-refractivity contribution is 7.80. The van der Waals surface area contributed by atoms with Crippen molar-refractivity contribution in [1.82, 2.24) is 14.9 Å². The molecule has 1 saturated heterocycles. The van der Waals surface area contributed by atoms with Crippen molar-refractivity contribution >= 4 is 34.6 Å². The van der Waals surface area contributed by atoms with Crippen molar-refractivity contribution in [2.45, 2.75) is 60.5 Å². The quantitative estimate of drug-likeness (QED) is 0.233. The maximum atomic E-state index is 12.7. The zero-order valence-electron chi connectivity index (χ0n) is 25.6. The highest BCUT2D eigenvalue weighted by Gasteiger charge is 2.42. The second kappa shape index (κ2) is 11.2. The van der Waals surface area contributed by atoms with E-state index in [2.05, 4.69) is 72.1 Å². The molecule has 2 atom stereocenters. The number of pyridine rings is 1. The lowest BCUT2D eigenvalue weighted by molar-refractivity contribution is -0.123. The molecule has 2 aromatic carbocycles. The van der Waals surface area contributed by atoms with Gasteiger partial charge in [0.1, 0.15) is 5.75 Å². The first-order chi connectivity index (χ1) is 19.9. The summed E-state index contributed by atoms with van der Waals surface area (Å²) < 4.78 is 8.07. The minimum Gasteiger partial charge on any atom is -0.494 e. The average Bonchev–Trinajstić information content (AvgIpc) is 3.43. The van der Waals surface area contributed by atoms with Crippen LogP contribution in [-0.4, -0.2) is 27.7 Å². The van der Waals surface area contributed by atoms with Crippen LogP contribution in [0.15, 0.2) is 66.9 Å².